The largest absolute Gasteiger partial charge is 0.495 e. The van der Waals surface area contributed by atoms with Gasteiger partial charge in [0.15, 0.2) is 0 Å². The summed E-state index contributed by atoms with van der Waals surface area (Å²) in [4.78, 5) is 1.37. The van der Waals surface area contributed by atoms with Crippen LogP contribution in [0, 0.1) is 0 Å². The molecule has 1 unspecified atom stereocenters. The minimum atomic E-state index is 0.468. The highest BCUT2D eigenvalue weighted by molar-refractivity contribution is 8.00. The Morgan fingerprint density at radius 3 is 2.85 bits per heavy atom. The first kappa shape index (κ1) is 13.2. The first-order chi connectivity index (χ1) is 9.76. The number of nitrogen functional groups attached to an aromatic ring is 1. The molecule has 1 heterocycles. The first-order valence-electron chi connectivity index (χ1n) is 6.57. The molecule has 1 aliphatic rings. The summed E-state index contributed by atoms with van der Waals surface area (Å²) in [5.41, 5.74) is 7.90. The van der Waals surface area contributed by atoms with E-state index in [4.69, 9.17) is 15.2 Å². The summed E-state index contributed by atoms with van der Waals surface area (Å²) in [5.74, 6) is 1.47. The summed E-state index contributed by atoms with van der Waals surface area (Å²) in [6.45, 7) is 0.686. The van der Waals surface area contributed by atoms with E-state index in [1.54, 1.807) is 7.11 Å². The molecule has 0 spiro atoms. The molecule has 1 aliphatic heterocycles. The van der Waals surface area contributed by atoms with Crippen LogP contribution in [0.2, 0.25) is 0 Å². The van der Waals surface area contributed by atoms with Crippen molar-refractivity contribution < 1.29 is 9.47 Å². The molecule has 3 nitrogen and oxygen atoms in total. The third kappa shape index (κ3) is 2.70. The quantitative estimate of drug-likeness (QED) is 0.876. The lowest BCUT2D eigenvalue weighted by Gasteiger charge is -2.12. The number of hydrogen-bond acceptors (Lipinski definition) is 4. The molecule has 0 amide bonds. The number of nitrogens with two attached hydrogens (primary N) is 1. The summed E-state index contributed by atoms with van der Waals surface area (Å²) in [5, 5.41) is 0.468. The molecule has 2 aromatic carbocycles. The van der Waals surface area contributed by atoms with Gasteiger partial charge < -0.3 is 15.2 Å². The summed E-state index contributed by atoms with van der Waals surface area (Å²) in [7, 11) is 1.61. The maximum atomic E-state index is 5.87. The third-order valence-electron chi connectivity index (χ3n) is 3.35. The predicted octanol–water partition coefficient (Wildman–Crippen LogP) is 3.37. The van der Waals surface area contributed by atoms with Crippen molar-refractivity contribution >= 4 is 17.4 Å². The standard InChI is InChI=1S/C16H17NO2S/c1-18-15-7-6-12(9-14(15)17)19-10-13-8-11-4-2-3-5-16(11)20-13/h2-7,9,13H,8,10,17H2,1H3. The maximum Gasteiger partial charge on any atom is 0.142 e. The smallest absolute Gasteiger partial charge is 0.142 e. The summed E-state index contributed by atoms with van der Waals surface area (Å²) >= 11 is 1.89. The van der Waals surface area contributed by atoms with Crippen molar-refractivity contribution in [3.8, 4) is 11.5 Å². The zero-order valence-corrected chi connectivity index (χ0v) is 12.2. The number of thioether (sulfide) groups is 1. The van der Waals surface area contributed by atoms with Crippen LogP contribution in [0.1, 0.15) is 5.56 Å². The van der Waals surface area contributed by atoms with Crippen LogP contribution >= 0.6 is 11.8 Å². The zero-order chi connectivity index (χ0) is 13.9. The highest BCUT2D eigenvalue weighted by Gasteiger charge is 2.22. The molecule has 0 aromatic heterocycles. The van der Waals surface area contributed by atoms with Gasteiger partial charge in [-0.3, -0.25) is 0 Å². The van der Waals surface area contributed by atoms with Crippen LogP contribution in [0.25, 0.3) is 0 Å². The van der Waals surface area contributed by atoms with Crippen LogP contribution in [0.5, 0.6) is 11.5 Å². The lowest BCUT2D eigenvalue weighted by Crippen LogP contribution is -2.13. The van der Waals surface area contributed by atoms with Crippen molar-refractivity contribution in [2.45, 2.75) is 16.6 Å². The number of ether oxygens (including phenoxy) is 2. The monoisotopic (exact) mass is 287 g/mol. The maximum absolute atomic E-state index is 5.87. The number of rotatable bonds is 4. The molecule has 0 fully saturated rings. The van der Waals surface area contributed by atoms with Crippen LogP contribution < -0.4 is 15.2 Å². The van der Waals surface area contributed by atoms with Crippen LogP contribution in [-0.4, -0.2) is 19.0 Å². The molecular formula is C16H17NO2S. The lowest BCUT2D eigenvalue weighted by atomic mass is 10.1. The van der Waals surface area contributed by atoms with E-state index in [1.165, 1.54) is 10.5 Å². The Kier molecular flexibility index (Phi) is 3.74. The van der Waals surface area contributed by atoms with Gasteiger partial charge in [0.05, 0.1) is 12.8 Å². The van der Waals surface area contributed by atoms with E-state index in [0.29, 0.717) is 23.3 Å². The Bertz CT molecular complexity index is 590. The number of fused-ring (bicyclic) bond motifs is 1. The van der Waals surface area contributed by atoms with Gasteiger partial charge in [-0.2, -0.15) is 0 Å². The van der Waals surface area contributed by atoms with Crippen molar-refractivity contribution in [2.24, 2.45) is 0 Å². The Hall–Kier alpha value is -1.81. The van der Waals surface area contributed by atoms with Crippen molar-refractivity contribution in [1.29, 1.82) is 0 Å². The van der Waals surface area contributed by atoms with Crippen LogP contribution in [0.15, 0.2) is 47.4 Å². The molecule has 20 heavy (non-hydrogen) atoms. The van der Waals surface area contributed by atoms with Gasteiger partial charge >= 0.3 is 0 Å². The van der Waals surface area contributed by atoms with Crippen LogP contribution in [0.4, 0.5) is 5.69 Å². The Balaban J connectivity index is 1.60. The fourth-order valence-electron chi connectivity index (χ4n) is 2.34. The van der Waals surface area contributed by atoms with Crippen LogP contribution in [-0.2, 0) is 6.42 Å². The summed E-state index contributed by atoms with van der Waals surface area (Å²) in [6, 6.07) is 14.1. The normalized spacial score (nSPS) is 16.8. The Morgan fingerprint density at radius 1 is 1.25 bits per heavy atom. The predicted molar refractivity (Wildman–Crippen MR) is 82.7 cm³/mol. The number of anilines is 1. The van der Waals surface area contributed by atoms with Gasteiger partial charge in [0.25, 0.3) is 0 Å². The van der Waals surface area contributed by atoms with E-state index in [2.05, 4.69) is 24.3 Å². The van der Waals surface area contributed by atoms with Crippen molar-refractivity contribution in [2.75, 3.05) is 19.5 Å². The Morgan fingerprint density at radius 2 is 2.10 bits per heavy atom. The number of methoxy groups -OCH3 is 1. The molecule has 0 saturated heterocycles. The minimum absolute atomic E-state index is 0.468. The second kappa shape index (κ2) is 5.67. The van der Waals surface area contributed by atoms with E-state index in [1.807, 2.05) is 30.0 Å². The average Bonchev–Trinajstić information content (AvgIpc) is 2.88. The highest BCUT2D eigenvalue weighted by atomic mass is 32.2. The summed E-state index contributed by atoms with van der Waals surface area (Å²) < 4.78 is 11.0. The van der Waals surface area contributed by atoms with Gasteiger partial charge in [0, 0.05) is 16.2 Å². The number of hydrogen-bond donors (Lipinski definition) is 1. The molecule has 3 rings (SSSR count). The second-order valence-electron chi connectivity index (χ2n) is 4.77. The van der Waals surface area contributed by atoms with E-state index in [9.17, 15) is 0 Å². The molecule has 0 aliphatic carbocycles. The average molecular weight is 287 g/mol. The molecule has 0 saturated carbocycles. The van der Waals surface area contributed by atoms with Gasteiger partial charge in [0.2, 0.25) is 0 Å². The van der Waals surface area contributed by atoms with Crippen molar-refractivity contribution in [3.63, 3.8) is 0 Å². The minimum Gasteiger partial charge on any atom is -0.495 e. The lowest BCUT2D eigenvalue weighted by molar-refractivity contribution is 0.317. The molecule has 0 radical (unpaired) electrons. The van der Waals surface area contributed by atoms with Crippen LogP contribution in [0.3, 0.4) is 0 Å². The molecule has 0 bridgehead atoms. The van der Waals surface area contributed by atoms with Gasteiger partial charge in [-0.1, -0.05) is 18.2 Å². The molecule has 4 heteroatoms. The highest BCUT2D eigenvalue weighted by Crippen LogP contribution is 2.37. The SMILES string of the molecule is COc1ccc(OCC2Cc3ccccc3S2)cc1N. The topological polar surface area (TPSA) is 44.5 Å². The first-order valence-corrected chi connectivity index (χ1v) is 7.45. The molecular weight excluding hydrogens is 270 g/mol. The van der Waals surface area contributed by atoms with Gasteiger partial charge in [-0.25, -0.2) is 0 Å². The molecule has 2 N–H and O–H groups in total. The van der Waals surface area contributed by atoms with E-state index < -0.39 is 0 Å². The van der Waals surface area contributed by atoms with Gasteiger partial charge in [-0.05, 0) is 30.2 Å². The molecule has 2 aromatic rings. The van der Waals surface area contributed by atoms with Crippen molar-refractivity contribution in [3.05, 3.63) is 48.0 Å². The zero-order valence-electron chi connectivity index (χ0n) is 11.3. The second-order valence-corrected chi connectivity index (χ2v) is 6.11. The Labute approximate surface area is 123 Å². The molecule has 1 atom stereocenters. The fourth-order valence-corrected chi connectivity index (χ4v) is 3.56. The molecule has 104 valence electrons. The fraction of sp³-hybridized carbons (Fsp3) is 0.250. The van der Waals surface area contributed by atoms with E-state index in [-0.39, 0.29) is 0 Å². The van der Waals surface area contributed by atoms with Crippen molar-refractivity contribution in [1.82, 2.24) is 0 Å². The van der Waals surface area contributed by atoms with E-state index in [0.717, 1.165) is 12.2 Å². The van der Waals surface area contributed by atoms with Gasteiger partial charge in [-0.15, -0.1) is 11.8 Å². The van der Waals surface area contributed by atoms with E-state index >= 15 is 0 Å². The summed E-state index contributed by atoms with van der Waals surface area (Å²) in [6.07, 6.45) is 1.06. The third-order valence-corrected chi connectivity index (χ3v) is 4.64. The van der Waals surface area contributed by atoms with Gasteiger partial charge in [0.1, 0.15) is 18.1 Å². The number of benzene rings is 2.